The summed E-state index contributed by atoms with van der Waals surface area (Å²) in [7, 11) is 0. The lowest BCUT2D eigenvalue weighted by molar-refractivity contribution is -0.116. The van der Waals surface area contributed by atoms with E-state index in [1.165, 1.54) is 17.2 Å². The van der Waals surface area contributed by atoms with Crippen LogP contribution in [0, 0.1) is 6.92 Å². The van der Waals surface area contributed by atoms with Crippen LogP contribution in [-0.4, -0.2) is 22.0 Å². The molecule has 1 amide bonds. The number of carbonyl (C=O) groups is 1. The van der Waals surface area contributed by atoms with Crippen LogP contribution in [0.15, 0.2) is 61.2 Å². The first-order chi connectivity index (χ1) is 11.7. The minimum atomic E-state index is -0.156. The molecule has 3 aromatic rings. The normalized spacial score (nSPS) is 10.7. The Morgan fingerprint density at radius 2 is 2.08 bits per heavy atom. The van der Waals surface area contributed by atoms with E-state index in [4.69, 9.17) is 4.98 Å². The van der Waals surface area contributed by atoms with Crippen LogP contribution in [0.2, 0.25) is 0 Å². The van der Waals surface area contributed by atoms with Gasteiger partial charge in [0.25, 0.3) is 0 Å². The van der Waals surface area contributed by atoms with Crippen LogP contribution in [0.25, 0.3) is 11.0 Å². The van der Waals surface area contributed by atoms with Gasteiger partial charge >= 0.3 is 0 Å². The Kier molecular flexibility index (Phi) is 4.75. The van der Waals surface area contributed by atoms with Crippen LogP contribution in [0.4, 0.5) is 0 Å². The van der Waals surface area contributed by atoms with Crippen LogP contribution in [0.1, 0.15) is 17.0 Å². The van der Waals surface area contributed by atoms with Gasteiger partial charge in [-0.25, -0.2) is 4.98 Å². The summed E-state index contributed by atoms with van der Waals surface area (Å²) >= 11 is 0. The topological polar surface area (TPSA) is 46.9 Å². The van der Waals surface area contributed by atoms with E-state index in [0.29, 0.717) is 13.0 Å². The molecule has 1 heterocycles. The van der Waals surface area contributed by atoms with Crippen LogP contribution >= 0.6 is 0 Å². The van der Waals surface area contributed by atoms with Crippen LogP contribution in [0.5, 0.6) is 0 Å². The van der Waals surface area contributed by atoms with Crippen molar-refractivity contribution in [3.8, 4) is 0 Å². The smallest absolute Gasteiger partial charge is 0.243 e. The molecule has 0 aliphatic carbocycles. The van der Waals surface area contributed by atoms with Crippen molar-refractivity contribution in [1.82, 2.24) is 14.9 Å². The molecule has 0 aliphatic rings. The van der Waals surface area contributed by atoms with E-state index in [-0.39, 0.29) is 5.91 Å². The molecule has 0 unspecified atom stereocenters. The van der Waals surface area contributed by atoms with E-state index >= 15 is 0 Å². The van der Waals surface area contributed by atoms with Gasteiger partial charge in [0, 0.05) is 19.5 Å². The van der Waals surface area contributed by atoms with E-state index < -0.39 is 0 Å². The van der Waals surface area contributed by atoms with Crippen LogP contribution < -0.4 is 5.32 Å². The molecule has 3 rings (SSSR count). The maximum atomic E-state index is 11.3. The van der Waals surface area contributed by atoms with Crippen molar-refractivity contribution in [3.05, 3.63) is 78.1 Å². The van der Waals surface area contributed by atoms with Gasteiger partial charge in [0.05, 0.1) is 11.0 Å². The zero-order chi connectivity index (χ0) is 16.9. The maximum Gasteiger partial charge on any atom is 0.243 e. The molecular weight excluding hydrogens is 298 g/mol. The summed E-state index contributed by atoms with van der Waals surface area (Å²) in [6.45, 7) is 6.88. The van der Waals surface area contributed by atoms with Crippen molar-refractivity contribution in [2.24, 2.45) is 0 Å². The van der Waals surface area contributed by atoms with Gasteiger partial charge in [-0.15, -0.1) is 0 Å². The highest BCUT2D eigenvalue weighted by molar-refractivity contribution is 5.86. The second-order valence-electron chi connectivity index (χ2n) is 5.84. The van der Waals surface area contributed by atoms with Gasteiger partial charge in [-0.1, -0.05) is 48.5 Å². The van der Waals surface area contributed by atoms with Crippen molar-refractivity contribution in [2.45, 2.75) is 19.9 Å². The summed E-state index contributed by atoms with van der Waals surface area (Å²) in [6.07, 6.45) is 1.97. The molecule has 4 heteroatoms. The molecule has 24 heavy (non-hydrogen) atoms. The van der Waals surface area contributed by atoms with E-state index in [2.05, 4.69) is 53.7 Å². The SMILES string of the molecule is C=CC(=O)NCCc1nc2ccccc2n1Cc1cccc(C)c1. The molecule has 1 aromatic heterocycles. The van der Waals surface area contributed by atoms with Gasteiger partial charge in [0.1, 0.15) is 5.82 Å². The summed E-state index contributed by atoms with van der Waals surface area (Å²) in [6, 6.07) is 16.6. The monoisotopic (exact) mass is 319 g/mol. The van der Waals surface area contributed by atoms with E-state index in [1.54, 1.807) is 0 Å². The fraction of sp³-hybridized carbons (Fsp3) is 0.200. The number of para-hydroxylation sites is 2. The van der Waals surface area contributed by atoms with Crippen molar-refractivity contribution in [3.63, 3.8) is 0 Å². The summed E-state index contributed by atoms with van der Waals surface area (Å²) < 4.78 is 2.23. The fourth-order valence-corrected chi connectivity index (χ4v) is 2.86. The molecule has 1 N–H and O–H groups in total. The highest BCUT2D eigenvalue weighted by atomic mass is 16.1. The fourth-order valence-electron chi connectivity index (χ4n) is 2.86. The number of hydrogen-bond donors (Lipinski definition) is 1. The summed E-state index contributed by atoms with van der Waals surface area (Å²) in [4.78, 5) is 16.1. The molecule has 122 valence electrons. The molecule has 0 bridgehead atoms. The number of aryl methyl sites for hydroxylation is 1. The number of amides is 1. The second kappa shape index (κ2) is 7.13. The molecule has 0 saturated heterocycles. The zero-order valence-corrected chi connectivity index (χ0v) is 13.8. The first-order valence-electron chi connectivity index (χ1n) is 8.07. The van der Waals surface area contributed by atoms with Crippen molar-refractivity contribution < 1.29 is 4.79 Å². The zero-order valence-electron chi connectivity index (χ0n) is 13.8. The maximum absolute atomic E-state index is 11.3. The number of nitrogens with one attached hydrogen (secondary N) is 1. The minimum absolute atomic E-state index is 0.156. The first kappa shape index (κ1) is 16.0. The number of imidazole rings is 1. The lowest BCUT2D eigenvalue weighted by atomic mass is 10.1. The van der Waals surface area contributed by atoms with E-state index in [9.17, 15) is 4.79 Å². The minimum Gasteiger partial charge on any atom is -0.352 e. The Labute approximate surface area is 141 Å². The summed E-state index contributed by atoms with van der Waals surface area (Å²) in [5, 5.41) is 2.82. The summed E-state index contributed by atoms with van der Waals surface area (Å²) in [5.41, 5.74) is 4.59. The largest absolute Gasteiger partial charge is 0.352 e. The number of rotatable bonds is 6. The predicted octanol–water partition coefficient (Wildman–Crippen LogP) is 3.24. The van der Waals surface area contributed by atoms with Crippen LogP contribution in [-0.2, 0) is 17.8 Å². The molecule has 0 atom stereocenters. The Morgan fingerprint density at radius 1 is 1.25 bits per heavy atom. The third kappa shape index (κ3) is 3.54. The van der Waals surface area contributed by atoms with Crippen molar-refractivity contribution >= 4 is 16.9 Å². The van der Waals surface area contributed by atoms with Gasteiger partial charge in [-0.2, -0.15) is 0 Å². The average molecular weight is 319 g/mol. The van der Waals surface area contributed by atoms with Gasteiger partial charge in [0.2, 0.25) is 5.91 Å². The average Bonchev–Trinajstić information content (AvgIpc) is 2.92. The van der Waals surface area contributed by atoms with E-state index in [0.717, 1.165) is 23.4 Å². The molecule has 4 nitrogen and oxygen atoms in total. The predicted molar refractivity (Wildman–Crippen MR) is 96.9 cm³/mol. The van der Waals surface area contributed by atoms with Gasteiger partial charge in [-0.05, 0) is 30.7 Å². The molecule has 0 radical (unpaired) electrons. The Balaban J connectivity index is 1.90. The Bertz CT molecular complexity index is 879. The first-order valence-corrected chi connectivity index (χ1v) is 8.07. The highest BCUT2D eigenvalue weighted by Crippen LogP contribution is 2.18. The number of benzene rings is 2. The molecule has 0 fully saturated rings. The number of fused-ring (bicyclic) bond motifs is 1. The standard InChI is InChI=1S/C20H21N3O/c1-3-20(24)21-12-11-19-22-17-9-4-5-10-18(17)23(19)14-16-8-6-7-15(2)13-16/h3-10,13H,1,11-12,14H2,2H3,(H,21,24). The third-order valence-electron chi connectivity index (χ3n) is 3.99. The number of carbonyl (C=O) groups excluding carboxylic acids is 1. The van der Waals surface area contributed by atoms with Crippen LogP contribution in [0.3, 0.4) is 0 Å². The molecule has 0 aliphatic heterocycles. The molecule has 2 aromatic carbocycles. The number of nitrogens with zero attached hydrogens (tertiary/aromatic N) is 2. The molecule has 0 spiro atoms. The van der Waals surface area contributed by atoms with E-state index in [1.807, 2.05) is 18.2 Å². The van der Waals surface area contributed by atoms with Crippen molar-refractivity contribution in [2.75, 3.05) is 6.54 Å². The summed E-state index contributed by atoms with van der Waals surface area (Å²) in [5.74, 6) is 0.818. The lowest BCUT2D eigenvalue weighted by Crippen LogP contribution is -2.24. The lowest BCUT2D eigenvalue weighted by Gasteiger charge is -2.10. The Morgan fingerprint density at radius 3 is 2.88 bits per heavy atom. The molecular formula is C20H21N3O. The number of aromatic nitrogens is 2. The van der Waals surface area contributed by atoms with Gasteiger partial charge < -0.3 is 9.88 Å². The quantitative estimate of drug-likeness (QED) is 0.709. The van der Waals surface area contributed by atoms with Crippen molar-refractivity contribution in [1.29, 1.82) is 0 Å². The number of hydrogen-bond acceptors (Lipinski definition) is 2. The second-order valence-corrected chi connectivity index (χ2v) is 5.84. The molecule has 0 saturated carbocycles. The highest BCUT2D eigenvalue weighted by Gasteiger charge is 2.11. The van der Waals surface area contributed by atoms with Gasteiger partial charge in [-0.3, -0.25) is 4.79 Å². The third-order valence-corrected chi connectivity index (χ3v) is 3.99. The van der Waals surface area contributed by atoms with Gasteiger partial charge in [0.15, 0.2) is 0 Å². The Hall–Kier alpha value is -2.88.